The number of halogens is 2. The summed E-state index contributed by atoms with van der Waals surface area (Å²) in [4.78, 5) is 15.8. The van der Waals surface area contributed by atoms with Crippen molar-refractivity contribution in [1.82, 2.24) is 9.97 Å². The Morgan fingerprint density at radius 1 is 1.69 bits per heavy atom. The Kier molecular flexibility index (Phi) is 4.06. The van der Waals surface area contributed by atoms with E-state index in [1.165, 1.54) is 18.6 Å². The van der Waals surface area contributed by atoms with Crippen LogP contribution in [0, 0.1) is 0 Å². The molecule has 0 aromatic carbocycles. The number of aliphatic carboxylic acids is 1. The first-order chi connectivity index (χ1) is 5.55. The van der Waals surface area contributed by atoms with Gasteiger partial charge in [-0.15, -0.1) is 12.4 Å². The standard InChI is InChI=1S/C6H6ClN3O2.ClH/c7-6(8,5(11)12)4-1-2-9-3-10-4;/h1-3H,8H2,(H,11,12);1H. The van der Waals surface area contributed by atoms with Gasteiger partial charge >= 0.3 is 5.97 Å². The molecule has 1 atom stereocenters. The molecule has 13 heavy (non-hydrogen) atoms. The lowest BCUT2D eigenvalue weighted by Crippen LogP contribution is -2.39. The van der Waals surface area contributed by atoms with Gasteiger partial charge in [0.2, 0.25) is 5.00 Å². The van der Waals surface area contributed by atoms with Crippen LogP contribution < -0.4 is 5.73 Å². The van der Waals surface area contributed by atoms with Gasteiger partial charge in [0, 0.05) is 6.20 Å². The molecular weight excluding hydrogens is 217 g/mol. The van der Waals surface area contributed by atoms with Crippen molar-refractivity contribution in [2.45, 2.75) is 5.00 Å². The Labute approximate surface area is 85.4 Å². The molecule has 3 N–H and O–H groups in total. The Balaban J connectivity index is 0.00000144. The second-order valence-corrected chi connectivity index (χ2v) is 2.71. The van der Waals surface area contributed by atoms with Gasteiger partial charge in [0.05, 0.1) is 5.69 Å². The number of hydrogen-bond acceptors (Lipinski definition) is 4. The minimum absolute atomic E-state index is 0. The molecule has 1 rings (SSSR count). The summed E-state index contributed by atoms with van der Waals surface area (Å²) in [6.07, 6.45) is 2.55. The van der Waals surface area contributed by atoms with Crippen LogP contribution >= 0.6 is 24.0 Å². The molecule has 0 bridgehead atoms. The minimum atomic E-state index is -1.97. The highest BCUT2D eigenvalue weighted by atomic mass is 35.5. The van der Waals surface area contributed by atoms with Gasteiger partial charge in [-0.3, -0.25) is 5.73 Å². The van der Waals surface area contributed by atoms with Crippen molar-refractivity contribution in [2.24, 2.45) is 5.73 Å². The average Bonchev–Trinajstić information content (AvgIpc) is 2.06. The number of carbonyl (C=O) groups is 1. The lowest BCUT2D eigenvalue weighted by Gasteiger charge is -2.14. The smallest absolute Gasteiger partial charge is 0.345 e. The van der Waals surface area contributed by atoms with Crippen LogP contribution in [0.25, 0.3) is 0 Å². The zero-order valence-electron chi connectivity index (χ0n) is 6.35. The quantitative estimate of drug-likeness (QED) is 0.558. The lowest BCUT2D eigenvalue weighted by molar-refractivity contribution is -0.140. The first kappa shape index (κ1) is 12.1. The maximum atomic E-state index is 10.5. The second-order valence-electron chi connectivity index (χ2n) is 2.11. The molecule has 7 heteroatoms. The predicted molar refractivity (Wildman–Crippen MR) is 48.6 cm³/mol. The summed E-state index contributed by atoms with van der Waals surface area (Å²) in [5, 5.41) is 8.58. The predicted octanol–water partition coefficient (Wildman–Crippen LogP) is 0.333. The maximum Gasteiger partial charge on any atom is 0.345 e. The van der Waals surface area contributed by atoms with E-state index in [4.69, 9.17) is 22.4 Å². The van der Waals surface area contributed by atoms with Gasteiger partial charge in [0.15, 0.2) is 0 Å². The van der Waals surface area contributed by atoms with E-state index in [1.807, 2.05) is 0 Å². The Morgan fingerprint density at radius 3 is 2.69 bits per heavy atom. The van der Waals surface area contributed by atoms with Crippen LogP contribution in [0.5, 0.6) is 0 Å². The van der Waals surface area contributed by atoms with Crippen LogP contribution in [0.3, 0.4) is 0 Å². The monoisotopic (exact) mass is 223 g/mol. The first-order valence-corrected chi connectivity index (χ1v) is 3.40. The molecule has 1 unspecified atom stereocenters. The molecule has 0 saturated heterocycles. The molecule has 72 valence electrons. The van der Waals surface area contributed by atoms with E-state index in [0.717, 1.165) is 0 Å². The number of nitrogens with two attached hydrogens (primary N) is 1. The largest absolute Gasteiger partial charge is 0.479 e. The zero-order chi connectivity index (χ0) is 9.19. The van der Waals surface area contributed by atoms with Gasteiger partial charge in [0.1, 0.15) is 6.33 Å². The molecule has 0 saturated carbocycles. The van der Waals surface area contributed by atoms with Gasteiger partial charge < -0.3 is 5.11 Å². The highest BCUT2D eigenvalue weighted by molar-refractivity contribution is 6.32. The summed E-state index contributed by atoms with van der Waals surface area (Å²) in [5.74, 6) is -1.34. The molecular formula is C6H7Cl2N3O2. The van der Waals surface area contributed by atoms with Crippen LogP contribution in [0.2, 0.25) is 0 Å². The van der Waals surface area contributed by atoms with Crippen molar-refractivity contribution in [3.05, 3.63) is 24.3 Å². The number of alkyl halides is 1. The van der Waals surface area contributed by atoms with Gasteiger partial charge in [0.25, 0.3) is 0 Å². The molecule has 0 fully saturated rings. The summed E-state index contributed by atoms with van der Waals surface area (Å²) >= 11 is 5.48. The van der Waals surface area contributed by atoms with Crippen molar-refractivity contribution in [1.29, 1.82) is 0 Å². The molecule has 0 spiro atoms. The Morgan fingerprint density at radius 2 is 2.31 bits per heavy atom. The summed E-state index contributed by atoms with van der Waals surface area (Å²) in [6.45, 7) is 0. The highest BCUT2D eigenvalue weighted by Gasteiger charge is 2.34. The summed E-state index contributed by atoms with van der Waals surface area (Å²) in [7, 11) is 0. The van der Waals surface area contributed by atoms with Crippen LogP contribution in [-0.4, -0.2) is 21.0 Å². The van der Waals surface area contributed by atoms with Crippen molar-refractivity contribution in [3.8, 4) is 0 Å². The summed E-state index contributed by atoms with van der Waals surface area (Å²) in [5.41, 5.74) is 5.32. The van der Waals surface area contributed by atoms with E-state index in [2.05, 4.69) is 9.97 Å². The number of carboxylic acid groups (broad SMARTS) is 1. The summed E-state index contributed by atoms with van der Waals surface area (Å²) < 4.78 is 0. The third-order valence-electron chi connectivity index (χ3n) is 1.27. The molecule has 1 heterocycles. The molecule has 0 amide bonds. The second kappa shape index (κ2) is 4.36. The average molecular weight is 224 g/mol. The third kappa shape index (κ3) is 2.51. The third-order valence-corrected chi connectivity index (χ3v) is 1.62. The topological polar surface area (TPSA) is 89.1 Å². The summed E-state index contributed by atoms with van der Waals surface area (Å²) in [6, 6.07) is 1.35. The fraction of sp³-hybridized carbons (Fsp3) is 0.167. The van der Waals surface area contributed by atoms with E-state index in [0.29, 0.717) is 0 Å². The highest BCUT2D eigenvalue weighted by Crippen LogP contribution is 2.19. The number of hydrogen-bond donors (Lipinski definition) is 2. The van der Waals surface area contributed by atoms with Crippen LogP contribution in [0.15, 0.2) is 18.6 Å². The Hall–Kier alpha value is -0.910. The van der Waals surface area contributed by atoms with Crippen LogP contribution in [-0.2, 0) is 9.79 Å². The normalized spacial score (nSPS) is 14.0. The van der Waals surface area contributed by atoms with E-state index < -0.39 is 11.0 Å². The van der Waals surface area contributed by atoms with Crippen molar-refractivity contribution < 1.29 is 9.90 Å². The minimum Gasteiger partial charge on any atom is -0.479 e. The van der Waals surface area contributed by atoms with Crippen molar-refractivity contribution >= 4 is 30.0 Å². The fourth-order valence-corrected chi connectivity index (χ4v) is 0.727. The molecule has 0 radical (unpaired) electrons. The maximum absolute atomic E-state index is 10.5. The molecule has 5 nitrogen and oxygen atoms in total. The zero-order valence-corrected chi connectivity index (χ0v) is 7.92. The number of carboxylic acids is 1. The van der Waals surface area contributed by atoms with E-state index >= 15 is 0 Å². The molecule has 0 aliphatic rings. The van der Waals surface area contributed by atoms with Gasteiger partial charge in [-0.1, -0.05) is 11.6 Å². The lowest BCUT2D eigenvalue weighted by atomic mass is 10.2. The van der Waals surface area contributed by atoms with E-state index in [9.17, 15) is 4.79 Å². The molecule has 0 aliphatic carbocycles. The van der Waals surface area contributed by atoms with Crippen molar-refractivity contribution in [2.75, 3.05) is 0 Å². The number of aromatic nitrogens is 2. The number of nitrogens with zero attached hydrogens (tertiary/aromatic N) is 2. The first-order valence-electron chi connectivity index (χ1n) is 3.03. The molecule has 1 aromatic rings. The van der Waals surface area contributed by atoms with E-state index in [-0.39, 0.29) is 18.1 Å². The van der Waals surface area contributed by atoms with Gasteiger partial charge in [-0.25, -0.2) is 14.8 Å². The molecule has 1 aromatic heterocycles. The van der Waals surface area contributed by atoms with Gasteiger partial charge in [-0.05, 0) is 6.07 Å². The Bertz CT molecular complexity index is 291. The van der Waals surface area contributed by atoms with E-state index in [1.54, 1.807) is 0 Å². The van der Waals surface area contributed by atoms with Crippen molar-refractivity contribution in [3.63, 3.8) is 0 Å². The fourth-order valence-electron chi connectivity index (χ4n) is 0.615. The van der Waals surface area contributed by atoms with Crippen LogP contribution in [0.1, 0.15) is 5.69 Å². The van der Waals surface area contributed by atoms with Crippen LogP contribution in [0.4, 0.5) is 0 Å². The van der Waals surface area contributed by atoms with Gasteiger partial charge in [-0.2, -0.15) is 0 Å². The number of rotatable bonds is 2. The SMILES string of the molecule is Cl.NC(Cl)(C(=O)O)c1ccncn1. The molecule has 0 aliphatic heterocycles.